The van der Waals surface area contributed by atoms with E-state index in [4.69, 9.17) is 20.2 Å². The molecule has 0 aliphatic carbocycles. The van der Waals surface area contributed by atoms with Crippen molar-refractivity contribution in [1.82, 2.24) is 29.7 Å². The minimum absolute atomic E-state index is 0.0867. The minimum atomic E-state index is -0.981. The lowest BCUT2D eigenvalue weighted by Crippen LogP contribution is -2.54. The molecule has 7 heterocycles. The Morgan fingerprint density at radius 3 is 2.46 bits per heavy atom. The van der Waals surface area contributed by atoms with E-state index in [2.05, 4.69) is 36.8 Å². The molecule has 1 atom stereocenters. The molecule has 0 radical (unpaired) electrons. The smallest absolute Gasteiger partial charge is 0.262 e. The normalized spacial score (nSPS) is 19.5. The Morgan fingerprint density at radius 2 is 1.62 bits per heavy atom. The molecule has 3 N–H and O–H groups in total. The van der Waals surface area contributed by atoms with Crippen LogP contribution < -0.4 is 20.7 Å². The second kappa shape index (κ2) is 15.0. The van der Waals surface area contributed by atoms with E-state index >= 15 is 0 Å². The van der Waals surface area contributed by atoms with Gasteiger partial charge in [-0.1, -0.05) is 12.1 Å². The molecule has 56 heavy (non-hydrogen) atoms. The Kier molecular flexibility index (Phi) is 9.59. The number of nitrogens with two attached hydrogens (primary N) is 1. The van der Waals surface area contributed by atoms with Crippen LogP contribution in [0.25, 0.3) is 27.5 Å². The van der Waals surface area contributed by atoms with Crippen molar-refractivity contribution in [3.63, 3.8) is 0 Å². The number of carbonyl (C=O) groups excluding carboxylic acids is 4. The molecular formula is C42H44N8O6. The van der Waals surface area contributed by atoms with Crippen LogP contribution in [0, 0.1) is 0 Å². The number of anilines is 2. The monoisotopic (exact) mass is 756 g/mol. The Balaban J connectivity index is 0.671. The van der Waals surface area contributed by atoms with Crippen molar-refractivity contribution in [2.75, 3.05) is 50.0 Å². The Bertz CT molecular complexity index is 2350. The van der Waals surface area contributed by atoms with E-state index in [1.54, 1.807) is 18.2 Å². The number of benzene rings is 2. The number of pyridine rings is 2. The number of likely N-dealkylation sites (tertiary alicyclic amines) is 1. The van der Waals surface area contributed by atoms with Gasteiger partial charge in [-0.05, 0) is 87.5 Å². The molecule has 14 nitrogen and oxygen atoms in total. The standard InChI is InChI=1S/C42H44N8O6/c43-34-6-4-5-27-22-44-38(21-32(27)34)49-17-11-26-19-37(45-23-36(26)49)48-24-30(25-48)56-28-12-15-47(16-13-28)14-2-1-3-18-55-29-7-8-31-33(20-29)42(54)50(41(31)53)35-9-10-39(51)46-40(35)52/h4-8,11,17,19-23,28,30,35H,1-3,9-10,12-16,18,24-25,43H2,(H,46,51,52). The summed E-state index contributed by atoms with van der Waals surface area (Å²) in [6.07, 6.45) is 11.5. The van der Waals surface area contributed by atoms with Gasteiger partial charge in [0.15, 0.2) is 0 Å². The summed E-state index contributed by atoms with van der Waals surface area (Å²) in [5.41, 5.74) is 8.44. The van der Waals surface area contributed by atoms with Crippen molar-refractivity contribution >= 4 is 56.8 Å². The van der Waals surface area contributed by atoms with Crippen LogP contribution in [0.5, 0.6) is 5.75 Å². The number of imide groups is 2. The first kappa shape index (κ1) is 35.8. The van der Waals surface area contributed by atoms with Gasteiger partial charge < -0.3 is 25.0 Å². The molecule has 0 bridgehead atoms. The molecule has 4 aliphatic rings. The van der Waals surface area contributed by atoms with Gasteiger partial charge in [0, 0.05) is 66.8 Å². The highest BCUT2D eigenvalue weighted by Crippen LogP contribution is 2.32. The fourth-order valence-corrected chi connectivity index (χ4v) is 8.31. The predicted octanol–water partition coefficient (Wildman–Crippen LogP) is 4.48. The van der Waals surface area contributed by atoms with Gasteiger partial charge in [-0.2, -0.15) is 0 Å². The van der Waals surface area contributed by atoms with Crippen molar-refractivity contribution in [1.29, 1.82) is 0 Å². The summed E-state index contributed by atoms with van der Waals surface area (Å²) in [4.78, 5) is 65.1. The van der Waals surface area contributed by atoms with Crippen LogP contribution >= 0.6 is 0 Å². The first-order valence-corrected chi connectivity index (χ1v) is 19.5. The fraction of sp³-hybridized carbons (Fsp3) is 0.381. The van der Waals surface area contributed by atoms with Gasteiger partial charge in [-0.25, -0.2) is 9.97 Å². The van der Waals surface area contributed by atoms with Crippen LogP contribution in [0.3, 0.4) is 0 Å². The van der Waals surface area contributed by atoms with Gasteiger partial charge in [0.2, 0.25) is 11.8 Å². The van der Waals surface area contributed by atoms with Crippen molar-refractivity contribution in [2.45, 2.75) is 63.2 Å². The molecule has 5 aromatic rings. The average Bonchev–Trinajstić information content (AvgIpc) is 3.72. The van der Waals surface area contributed by atoms with Gasteiger partial charge in [-0.15, -0.1) is 0 Å². The number of hydrogen-bond acceptors (Lipinski definition) is 11. The first-order chi connectivity index (χ1) is 27.3. The molecule has 9 rings (SSSR count). The second-order valence-corrected chi connectivity index (χ2v) is 15.2. The zero-order valence-electron chi connectivity index (χ0n) is 31.1. The largest absolute Gasteiger partial charge is 0.494 e. The third-order valence-electron chi connectivity index (χ3n) is 11.5. The van der Waals surface area contributed by atoms with Crippen molar-refractivity contribution in [2.24, 2.45) is 0 Å². The fourth-order valence-electron chi connectivity index (χ4n) is 8.31. The number of amides is 4. The van der Waals surface area contributed by atoms with Gasteiger partial charge in [0.1, 0.15) is 23.4 Å². The summed E-state index contributed by atoms with van der Waals surface area (Å²) in [6, 6.07) is 16.0. The second-order valence-electron chi connectivity index (χ2n) is 15.2. The van der Waals surface area contributed by atoms with Crippen LogP contribution in [0.4, 0.5) is 11.5 Å². The van der Waals surface area contributed by atoms with E-state index in [-0.39, 0.29) is 36.2 Å². The Labute approximate surface area is 323 Å². The maximum Gasteiger partial charge on any atom is 0.262 e. The lowest BCUT2D eigenvalue weighted by atomic mass is 10.0. The summed E-state index contributed by atoms with van der Waals surface area (Å²) in [7, 11) is 0. The molecule has 288 valence electrons. The molecule has 0 spiro atoms. The first-order valence-electron chi connectivity index (χ1n) is 19.5. The lowest BCUT2D eigenvalue weighted by Gasteiger charge is -2.43. The van der Waals surface area contributed by atoms with Crippen molar-refractivity contribution in [3.8, 4) is 11.6 Å². The zero-order chi connectivity index (χ0) is 38.3. The number of ether oxygens (including phenoxy) is 2. The zero-order valence-corrected chi connectivity index (χ0v) is 31.1. The Morgan fingerprint density at radius 1 is 0.804 bits per heavy atom. The number of hydrogen-bond donors (Lipinski definition) is 2. The topological polar surface area (TPSA) is 165 Å². The lowest BCUT2D eigenvalue weighted by molar-refractivity contribution is -0.136. The summed E-state index contributed by atoms with van der Waals surface area (Å²) < 4.78 is 14.5. The minimum Gasteiger partial charge on any atom is -0.494 e. The van der Waals surface area contributed by atoms with E-state index in [1.165, 1.54) is 0 Å². The van der Waals surface area contributed by atoms with E-state index in [0.29, 0.717) is 12.4 Å². The molecular weight excluding hydrogens is 713 g/mol. The maximum absolute atomic E-state index is 13.1. The highest BCUT2D eigenvalue weighted by Gasteiger charge is 2.44. The van der Waals surface area contributed by atoms with Crippen molar-refractivity contribution < 1.29 is 28.7 Å². The van der Waals surface area contributed by atoms with E-state index in [1.807, 2.05) is 42.9 Å². The number of fused-ring (bicyclic) bond motifs is 3. The van der Waals surface area contributed by atoms with Crippen LogP contribution in [0.15, 0.2) is 73.2 Å². The summed E-state index contributed by atoms with van der Waals surface area (Å²) in [6.45, 7) is 5.28. The third kappa shape index (κ3) is 6.94. The van der Waals surface area contributed by atoms with Crippen molar-refractivity contribution in [3.05, 3.63) is 84.3 Å². The highest BCUT2D eigenvalue weighted by atomic mass is 16.5. The van der Waals surface area contributed by atoms with Gasteiger partial charge in [-0.3, -0.25) is 34.0 Å². The number of rotatable bonds is 12. The quantitative estimate of drug-likeness (QED) is 0.105. The highest BCUT2D eigenvalue weighted by molar-refractivity contribution is 6.23. The SMILES string of the molecule is Nc1cccc2cnc(-n3ccc4cc(N5CC(OC6CCN(CCCCCOc7ccc8c(c7)C(=O)N(C7CCC(=O)NC7=O)C8=O)CC6)C5)ncc43)cc12. The number of carbonyl (C=O) groups is 4. The number of nitrogens with one attached hydrogen (secondary N) is 1. The predicted molar refractivity (Wildman–Crippen MR) is 210 cm³/mol. The average molecular weight is 757 g/mol. The van der Waals surface area contributed by atoms with Crippen LogP contribution in [-0.4, -0.2) is 106 Å². The number of aromatic nitrogens is 3. The summed E-state index contributed by atoms with van der Waals surface area (Å²) >= 11 is 0. The molecule has 2 aromatic carbocycles. The van der Waals surface area contributed by atoms with E-state index in [0.717, 1.165) is 109 Å². The number of nitrogen functional groups attached to an aromatic ring is 1. The van der Waals surface area contributed by atoms with Crippen LogP contribution in [0.2, 0.25) is 0 Å². The number of piperidine rings is 2. The molecule has 14 heteroatoms. The maximum atomic E-state index is 13.1. The molecule has 3 fully saturated rings. The third-order valence-corrected chi connectivity index (χ3v) is 11.5. The molecule has 4 aliphatic heterocycles. The van der Waals surface area contributed by atoms with Crippen LogP contribution in [0.1, 0.15) is 65.7 Å². The molecule has 3 aromatic heterocycles. The number of nitrogens with zero attached hydrogens (tertiary/aromatic N) is 6. The molecule has 3 saturated heterocycles. The summed E-state index contributed by atoms with van der Waals surface area (Å²) in [5.74, 6) is 0.217. The number of unbranched alkanes of at least 4 members (excludes halogenated alkanes) is 2. The van der Waals surface area contributed by atoms with Crippen LogP contribution in [-0.2, 0) is 14.3 Å². The summed E-state index contributed by atoms with van der Waals surface area (Å²) in [5, 5.41) is 5.33. The van der Waals surface area contributed by atoms with Gasteiger partial charge >= 0.3 is 0 Å². The van der Waals surface area contributed by atoms with E-state index in [9.17, 15) is 19.2 Å². The molecule has 4 amide bonds. The van der Waals surface area contributed by atoms with Gasteiger partial charge in [0.05, 0.1) is 41.7 Å². The molecule has 0 saturated carbocycles. The van der Waals surface area contributed by atoms with Gasteiger partial charge in [0.25, 0.3) is 11.8 Å². The Hall–Kier alpha value is -5.86. The molecule has 1 unspecified atom stereocenters. The van der Waals surface area contributed by atoms with E-state index < -0.39 is 29.7 Å².